The van der Waals surface area contributed by atoms with E-state index in [-0.39, 0.29) is 6.10 Å². The van der Waals surface area contributed by atoms with Crippen molar-refractivity contribution < 1.29 is 4.74 Å². The lowest BCUT2D eigenvalue weighted by Crippen LogP contribution is -2.17. The summed E-state index contributed by atoms with van der Waals surface area (Å²) in [7, 11) is 1.69. The molecule has 0 saturated heterocycles. The molecule has 0 radical (unpaired) electrons. The average Bonchev–Trinajstić information content (AvgIpc) is 2.69. The normalized spacial score (nSPS) is 21.8. The van der Waals surface area contributed by atoms with Gasteiger partial charge in [0.25, 0.3) is 0 Å². The number of nitrogens with two attached hydrogens (primary N) is 1. The Kier molecular flexibility index (Phi) is 2.82. The number of aromatic nitrogens is 3. The van der Waals surface area contributed by atoms with Crippen molar-refractivity contribution in [3.05, 3.63) is 30.5 Å². The topological polar surface area (TPSA) is 66.0 Å². The van der Waals surface area contributed by atoms with Crippen molar-refractivity contribution in [1.82, 2.24) is 14.8 Å². The van der Waals surface area contributed by atoms with Gasteiger partial charge in [0.05, 0.1) is 11.8 Å². The van der Waals surface area contributed by atoms with E-state index in [1.165, 1.54) is 6.33 Å². The van der Waals surface area contributed by atoms with E-state index in [0.717, 1.165) is 24.2 Å². The molecule has 2 N–H and O–H groups in total. The zero-order valence-corrected chi connectivity index (χ0v) is 8.63. The summed E-state index contributed by atoms with van der Waals surface area (Å²) in [6.07, 6.45) is 8.72. The van der Waals surface area contributed by atoms with E-state index in [1.54, 1.807) is 18.1 Å². The Bertz CT molecular complexity index is 380. The highest BCUT2D eigenvalue weighted by Crippen LogP contribution is 2.21. The molecule has 1 aliphatic rings. The standard InChI is InChI=1S/C10H14N4O/c1-15-10-5-3-8(11)2-4-9(10)14-7-12-6-13-14/h2,4,6-7,10H,3,5,11H2,1H3. The summed E-state index contributed by atoms with van der Waals surface area (Å²) < 4.78 is 7.12. The maximum atomic E-state index is 5.78. The van der Waals surface area contributed by atoms with Crippen molar-refractivity contribution in [1.29, 1.82) is 0 Å². The van der Waals surface area contributed by atoms with Crippen LogP contribution in [0.15, 0.2) is 30.5 Å². The summed E-state index contributed by atoms with van der Waals surface area (Å²) in [6.45, 7) is 0. The molecule has 80 valence electrons. The molecule has 0 amide bonds. The van der Waals surface area contributed by atoms with Crippen LogP contribution >= 0.6 is 0 Å². The molecule has 0 fully saturated rings. The van der Waals surface area contributed by atoms with E-state index in [2.05, 4.69) is 10.1 Å². The van der Waals surface area contributed by atoms with Gasteiger partial charge in [-0.05, 0) is 25.0 Å². The first-order valence-electron chi connectivity index (χ1n) is 4.85. The van der Waals surface area contributed by atoms with Crippen LogP contribution in [-0.2, 0) is 4.74 Å². The van der Waals surface area contributed by atoms with Crippen molar-refractivity contribution in [3.63, 3.8) is 0 Å². The molecule has 0 aromatic carbocycles. The molecule has 1 unspecified atom stereocenters. The SMILES string of the molecule is COC1CCC(N)=CC=C1n1cncn1. The molecule has 1 aromatic rings. The van der Waals surface area contributed by atoms with Crippen LogP contribution in [0.1, 0.15) is 12.8 Å². The summed E-state index contributed by atoms with van der Waals surface area (Å²) in [5, 5.41) is 4.09. The first kappa shape index (κ1) is 9.92. The van der Waals surface area contributed by atoms with Gasteiger partial charge in [0.1, 0.15) is 12.7 Å². The number of methoxy groups -OCH3 is 1. The summed E-state index contributed by atoms with van der Waals surface area (Å²) in [5.41, 5.74) is 7.62. The first-order valence-corrected chi connectivity index (χ1v) is 4.85. The lowest BCUT2D eigenvalue weighted by molar-refractivity contribution is 0.136. The molecule has 2 rings (SSSR count). The van der Waals surface area contributed by atoms with Gasteiger partial charge in [-0.2, -0.15) is 5.10 Å². The zero-order valence-electron chi connectivity index (χ0n) is 8.63. The van der Waals surface area contributed by atoms with Crippen LogP contribution in [0.5, 0.6) is 0 Å². The third kappa shape index (κ3) is 2.07. The molecule has 1 atom stereocenters. The van der Waals surface area contributed by atoms with Gasteiger partial charge in [-0.3, -0.25) is 0 Å². The molecular formula is C10H14N4O. The third-order valence-electron chi connectivity index (χ3n) is 2.46. The summed E-state index contributed by atoms with van der Waals surface area (Å²) >= 11 is 0. The molecule has 1 aromatic heterocycles. The predicted molar refractivity (Wildman–Crippen MR) is 56.6 cm³/mol. The molecule has 0 bridgehead atoms. The van der Waals surface area contributed by atoms with Crippen LogP contribution in [-0.4, -0.2) is 28.0 Å². The Morgan fingerprint density at radius 2 is 2.40 bits per heavy atom. The zero-order chi connectivity index (χ0) is 10.7. The minimum Gasteiger partial charge on any atom is -0.402 e. The minimum absolute atomic E-state index is 0.0176. The second-order valence-electron chi connectivity index (χ2n) is 3.44. The van der Waals surface area contributed by atoms with Gasteiger partial charge in [-0.15, -0.1) is 0 Å². The Morgan fingerprint density at radius 1 is 1.53 bits per heavy atom. The minimum atomic E-state index is 0.0176. The fourth-order valence-corrected chi connectivity index (χ4v) is 1.63. The Hall–Kier alpha value is -1.62. The number of allylic oxidation sites excluding steroid dienone is 3. The maximum Gasteiger partial charge on any atom is 0.138 e. The Morgan fingerprint density at radius 3 is 3.07 bits per heavy atom. The van der Waals surface area contributed by atoms with Crippen molar-refractivity contribution in [2.24, 2.45) is 5.73 Å². The molecule has 5 heteroatoms. The highest BCUT2D eigenvalue weighted by molar-refractivity contribution is 5.52. The van der Waals surface area contributed by atoms with Crippen molar-refractivity contribution in [2.75, 3.05) is 7.11 Å². The van der Waals surface area contributed by atoms with E-state index >= 15 is 0 Å². The Balaban J connectivity index is 2.32. The number of hydrogen-bond acceptors (Lipinski definition) is 4. The van der Waals surface area contributed by atoms with Gasteiger partial charge in [0.2, 0.25) is 0 Å². The lowest BCUT2D eigenvalue weighted by atomic mass is 10.1. The van der Waals surface area contributed by atoms with E-state index in [4.69, 9.17) is 10.5 Å². The maximum absolute atomic E-state index is 5.78. The second kappa shape index (κ2) is 4.27. The monoisotopic (exact) mass is 206 g/mol. The number of ether oxygens (including phenoxy) is 1. The molecule has 1 aliphatic carbocycles. The average molecular weight is 206 g/mol. The summed E-state index contributed by atoms with van der Waals surface area (Å²) in [5.74, 6) is 0. The summed E-state index contributed by atoms with van der Waals surface area (Å²) in [4.78, 5) is 3.92. The van der Waals surface area contributed by atoms with E-state index < -0.39 is 0 Å². The van der Waals surface area contributed by atoms with Crippen LogP contribution in [0.25, 0.3) is 5.70 Å². The molecule has 1 heterocycles. The number of nitrogens with zero attached hydrogens (tertiary/aromatic N) is 3. The van der Waals surface area contributed by atoms with Gasteiger partial charge in [0, 0.05) is 12.8 Å². The van der Waals surface area contributed by atoms with Gasteiger partial charge in [0.15, 0.2) is 0 Å². The lowest BCUT2D eigenvalue weighted by Gasteiger charge is -2.16. The highest BCUT2D eigenvalue weighted by atomic mass is 16.5. The van der Waals surface area contributed by atoms with Crippen molar-refractivity contribution in [3.8, 4) is 0 Å². The van der Waals surface area contributed by atoms with Crippen molar-refractivity contribution >= 4 is 5.70 Å². The fourth-order valence-electron chi connectivity index (χ4n) is 1.63. The van der Waals surface area contributed by atoms with Crippen LogP contribution < -0.4 is 5.73 Å². The largest absolute Gasteiger partial charge is 0.402 e. The predicted octanol–water partition coefficient (Wildman–Crippen LogP) is 0.770. The molecule has 0 saturated carbocycles. The van der Waals surface area contributed by atoms with Gasteiger partial charge < -0.3 is 10.5 Å². The number of hydrogen-bond donors (Lipinski definition) is 1. The van der Waals surface area contributed by atoms with E-state index in [0.29, 0.717) is 0 Å². The van der Waals surface area contributed by atoms with Crippen LogP contribution in [0, 0.1) is 0 Å². The Labute approximate surface area is 88.2 Å². The smallest absolute Gasteiger partial charge is 0.138 e. The van der Waals surface area contributed by atoms with Crippen LogP contribution in [0.3, 0.4) is 0 Å². The highest BCUT2D eigenvalue weighted by Gasteiger charge is 2.17. The van der Waals surface area contributed by atoms with Gasteiger partial charge >= 0.3 is 0 Å². The van der Waals surface area contributed by atoms with Crippen LogP contribution in [0.2, 0.25) is 0 Å². The van der Waals surface area contributed by atoms with E-state index in [9.17, 15) is 0 Å². The van der Waals surface area contributed by atoms with Crippen molar-refractivity contribution in [2.45, 2.75) is 18.9 Å². The third-order valence-corrected chi connectivity index (χ3v) is 2.46. The molecule has 0 spiro atoms. The molecular weight excluding hydrogens is 192 g/mol. The first-order chi connectivity index (χ1) is 7.31. The molecule has 0 aliphatic heterocycles. The van der Waals surface area contributed by atoms with Gasteiger partial charge in [-0.1, -0.05) is 0 Å². The quantitative estimate of drug-likeness (QED) is 0.776. The second-order valence-corrected chi connectivity index (χ2v) is 3.44. The van der Waals surface area contributed by atoms with Gasteiger partial charge in [-0.25, -0.2) is 9.67 Å². The number of rotatable bonds is 2. The van der Waals surface area contributed by atoms with Crippen LogP contribution in [0.4, 0.5) is 0 Å². The molecule has 5 nitrogen and oxygen atoms in total. The summed E-state index contributed by atoms with van der Waals surface area (Å²) in [6, 6.07) is 0. The molecule has 15 heavy (non-hydrogen) atoms. The van der Waals surface area contributed by atoms with E-state index in [1.807, 2.05) is 12.2 Å². The fraction of sp³-hybridized carbons (Fsp3) is 0.400.